The van der Waals surface area contributed by atoms with E-state index in [1.54, 1.807) is 6.92 Å². The maximum absolute atomic E-state index is 11.7. The third kappa shape index (κ3) is 3.22. The molecule has 16 heavy (non-hydrogen) atoms. The van der Waals surface area contributed by atoms with Gasteiger partial charge in [0, 0.05) is 6.42 Å². The molecule has 1 rings (SSSR count). The van der Waals surface area contributed by atoms with Crippen molar-refractivity contribution in [1.29, 1.82) is 0 Å². The van der Waals surface area contributed by atoms with Gasteiger partial charge in [-0.1, -0.05) is 13.3 Å². The Kier molecular flexibility index (Phi) is 4.77. The van der Waals surface area contributed by atoms with Crippen molar-refractivity contribution in [1.82, 2.24) is 0 Å². The number of carboxylic acid groups (broad SMARTS) is 1. The van der Waals surface area contributed by atoms with E-state index in [-0.39, 0.29) is 24.2 Å². The number of esters is 1. The zero-order valence-corrected chi connectivity index (χ0v) is 9.94. The molecule has 1 aliphatic carbocycles. The lowest BCUT2D eigenvalue weighted by atomic mass is 9.94. The Hall–Kier alpha value is -1.06. The van der Waals surface area contributed by atoms with Crippen LogP contribution >= 0.6 is 0 Å². The highest BCUT2D eigenvalue weighted by Gasteiger charge is 2.39. The number of aliphatic carboxylic acids is 1. The van der Waals surface area contributed by atoms with E-state index < -0.39 is 5.97 Å². The summed E-state index contributed by atoms with van der Waals surface area (Å²) >= 11 is 0. The Balaban J connectivity index is 2.56. The van der Waals surface area contributed by atoms with Gasteiger partial charge in [-0.05, 0) is 31.6 Å². The second kappa shape index (κ2) is 5.87. The van der Waals surface area contributed by atoms with Crippen molar-refractivity contribution in [3.63, 3.8) is 0 Å². The molecule has 0 saturated heterocycles. The Morgan fingerprint density at radius 2 is 2.00 bits per heavy atom. The molecule has 0 aliphatic heterocycles. The average Bonchev–Trinajstić information content (AvgIpc) is 2.60. The molecule has 3 unspecified atom stereocenters. The lowest BCUT2D eigenvalue weighted by Gasteiger charge is -2.15. The molecule has 1 saturated carbocycles. The third-order valence-corrected chi connectivity index (χ3v) is 3.37. The van der Waals surface area contributed by atoms with Crippen LogP contribution in [0, 0.1) is 17.8 Å². The van der Waals surface area contributed by atoms with E-state index in [1.807, 2.05) is 6.92 Å². The minimum Gasteiger partial charge on any atom is -0.481 e. The van der Waals surface area contributed by atoms with Crippen LogP contribution in [0.3, 0.4) is 0 Å². The second-order valence-electron chi connectivity index (χ2n) is 4.46. The first-order valence-electron chi connectivity index (χ1n) is 5.96. The Bertz CT molecular complexity index is 262. The monoisotopic (exact) mass is 228 g/mol. The van der Waals surface area contributed by atoms with Crippen LogP contribution in [0.1, 0.15) is 39.5 Å². The molecule has 0 aromatic rings. The van der Waals surface area contributed by atoms with Gasteiger partial charge >= 0.3 is 11.9 Å². The molecule has 1 N–H and O–H groups in total. The first-order valence-corrected chi connectivity index (χ1v) is 5.96. The summed E-state index contributed by atoms with van der Waals surface area (Å²) in [6.45, 7) is 4.23. The van der Waals surface area contributed by atoms with Crippen LogP contribution in [0.15, 0.2) is 0 Å². The van der Waals surface area contributed by atoms with Crippen LogP contribution in [-0.2, 0) is 14.3 Å². The van der Waals surface area contributed by atoms with Gasteiger partial charge in [0.05, 0.1) is 12.5 Å². The highest BCUT2D eigenvalue weighted by molar-refractivity contribution is 5.73. The molecule has 0 aromatic heterocycles. The molecule has 0 radical (unpaired) electrons. The van der Waals surface area contributed by atoms with E-state index in [4.69, 9.17) is 9.84 Å². The van der Waals surface area contributed by atoms with E-state index in [1.165, 1.54) is 0 Å². The minimum atomic E-state index is -0.774. The molecule has 1 fully saturated rings. The van der Waals surface area contributed by atoms with Crippen LogP contribution < -0.4 is 0 Å². The van der Waals surface area contributed by atoms with Gasteiger partial charge in [0.15, 0.2) is 0 Å². The summed E-state index contributed by atoms with van der Waals surface area (Å²) in [6, 6.07) is 0. The largest absolute Gasteiger partial charge is 0.481 e. The van der Waals surface area contributed by atoms with E-state index in [0.717, 1.165) is 12.8 Å². The molecule has 0 spiro atoms. The second-order valence-corrected chi connectivity index (χ2v) is 4.46. The molecule has 4 heteroatoms. The van der Waals surface area contributed by atoms with E-state index in [9.17, 15) is 9.59 Å². The first kappa shape index (κ1) is 13.0. The fourth-order valence-electron chi connectivity index (χ4n) is 2.64. The molecule has 1 aliphatic rings. The Morgan fingerprint density at radius 1 is 1.31 bits per heavy atom. The number of hydrogen-bond acceptors (Lipinski definition) is 3. The predicted octanol–water partition coefficient (Wildman–Crippen LogP) is 2.08. The highest BCUT2D eigenvalue weighted by Crippen LogP contribution is 2.40. The maximum Gasteiger partial charge on any atom is 0.309 e. The smallest absolute Gasteiger partial charge is 0.309 e. The van der Waals surface area contributed by atoms with Crippen LogP contribution in [0.4, 0.5) is 0 Å². The van der Waals surface area contributed by atoms with Crippen LogP contribution in [0.5, 0.6) is 0 Å². The fourth-order valence-corrected chi connectivity index (χ4v) is 2.64. The predicted molar refractivity (Wildman–Crippen MR) is 58.9 cm³/mol. The summed E-state index contributed by atoms with van der Waals surface area (Å²) in [6.07, 6.45) is 2.60. The number of carboxylic acids is 1. The molecule has 3 atom stereocenters. The normalized spacial score (nSPS) is 29.0. The molecular formula is C12H20O4. The van der Waals surface area contributed by atoms with E-state index in [2.05, 4.69) is 0 Å². The van der Waals surface area contributed by atoms with Gasteiger partial charge in [0.2, 0.25) is 0 Å². The molecule has 0 heterocycles. The summed E-state index contributed by atoms with van der Waals surface area (Å²) in [5.74, 6) is -0.582. The van der Waals surface area contributed by atoms with E-state index in [0.29, 0.717) is 18.9 Å². The lowest BCUT2D eigenvalue weighted by molar-refractivity contribution is -0.149. The summed E-state index contributed by atoms with van der Waals surface area (Å²) in [7, 11) is 0. The zero-order chi connectivity index (χ0) is 12.1. The summed E-state index contributed by atoms with van der Waals surface area (Å²) in [4.78, 5) is 22.3. The van der Waals surface area contributed by atoms with Gasteiger partial charge in [-0.25, -0.2) is 0 Å². The van der Waals surface area contributed by atoms with Crippen molar-refractivity contribution >= 4 is 11.9 Å². The summed E-state index contributed by atoms with van der Waals surface area (Å²) in [5, 5.41) is 8.74. The molecule has 92 valence electrons. The number of carbonyl (C=O) groups is 2. The fraction of sp³-hybridized carbons (Fsp3) is 0.833. The first-order chi connectivity index (χ1) is 7.58. The standard InChI is InChI=1S/C12H20O4/c1-3-9-5-8(7-11(13)14)6-10(9)12(15)16-4-2/h8-10H,3-7H2,1-2H3,(H,13,14). The van der Waals surface area contributed by atoms with Crippen LogP contribution in [0.2, 0.25) is 0 Å². The topological polar surface area (TPSA) is 63.6 Å². The average molecular weight is 228 g/mol. The summed E-state index contributed by atoms with van der Waals surface area (Å²) < 4.78 is 5.02. The van der Waals surface area contributed by atoms with Crippen molar-refractivity contribution in [3.8, 4) is 0 Å². The van der Waals surface area contributed by atoms with E-state index >= 15 is 0 Å². The van der Waals surface area contributed by atoms with Crippen molar-refractivity contribution in [2.24, 2.45) is 17.8 Å². The molecule has 0 aromatic carbocycles. The van der Waals surface area contributed by atoms with Crippen molar-refractivity contribution in [2.45, 2.75) is 39.5 Å². The van der Waals surface area contributed by atoms with Crippen molar-refractivity contribution in [2.75, 3.05) is 6.61 Å². The minimum absolute atomic E-state index is 0.0886. The van der Waals surface area contributed by atoms with Crippen molar-refractivity contribution in [3.05, 3.63) is 0 Å². The summed E-state index contributed by atoms with van der Waals surface area (Å²) in [5.41, 5.74) is 0. The third-order valence-electron chi connectivity index (χ3n) is 3.37. The Morgan fingerprint density at radius 3 is 2.50 bits per heavy atom. The quantitative estimate of drug-likeness (QED) is 0.732. The molecule has 0 amide bonds. The van der Waals surface area contributed by atoms with Gasteiger partial charge in [-0.15, -0.1) is 0 Å². The number of rotatable bonds is 5. The van der Waals surface area contributed by atoms with Crippen LogP contribution in [0.25, 0.3) is 0 Å². The maximum atomic E-state index is 11.7. The van der Waals surface area contributed by atoms with Gasteiger partial charge in [-0.2, -0.15) is 0 Å². The number of ether oxygens (including phenoxy) is 1. The molecule has 4 nitrogen and oxygen atoms in total. The zero-order valence-electron chi connectivity index (χ0n) is 9.94. The lowest BCUT2D eigenvalue weighted by Crippen LogP contribution is -2.21. The van der Waals surface area contributed by atoms with Gasteiger partial charge < -0.3 is 9.84 Å². The molecule has 0 bridgehead atoms. The van der Waals surface area contributed by atoms with Crippen molar-refractivity contribution < 1.29 is 19.4 Å². The highest BCUT2D eigenvalue weighted by atomic mass is 16.5. The number of hydrogen-bond donors (Lipinski definition) is 1. The SMILES string of the molecule is CCOC(=O)C1CC(CC(=O)O)CC1CC. The Labute approximate surface area is 96.0 Å². The van der Waals surface area contributed by atoms with Gasteiger partial charge in [-0.3, -0.25) is 9.59 Å². The molecular weight excluding hydrogens is 208 g/mol. The van der Waals surface area contributed by atoms with Crippen LogP contribution in [-0.4, -0.2) is 23.7 Å². The number of carbonyl (C=O) groups excluding carboxylic acids is 1. The van der Waals surface area contributed by atoms with Gasteiger partial charge in [0.1, 0.15) is 0 Å². The van der Waals surface area contributed by atoms with Gasteiger partial charge in [0.25, 0.3) is 0 Å².